The molecule has 0 saturated heterocycles. The van der Waals surface area contributed by atoms with E-state index in [1.807, 2.05) is 25.7 Å². The molecule has 0 radical (unpaired) electrons. The van der Waals surface area contributed by atoms with Crippen molar-refractivity contribution >= 4 is 0 Å². The van der Waals surface area contributed by atoms with E-state index in [9.17, 15) is 0 Å². The van der Waals surface area contributed by atoms with E-state index in [-0.39, 0.29) is 0 Å². The Kier molecular flexibility index (Phi) is 1.61. The van der Waals surface area contributed by atoms with Gasteiger partial charge in [-0.15, -0.1) is 0 Å². The Balaban J connectivity index is 0.519. The van der Waals surface area contributed by atoms with E-state index in [0.717, 1.165) is 217 Å². The standard InChI is InChI=1S/C144H48/c1-5-13-21-29-37-39-31-23-15-7-2-9-17-25-33-41-43-35-27-19-11-4-12-20-28-36-44-42-34-26-18-10-3-8-16-24-32-40-38-30-22-14-6(1)45(5)49(13)57(21)65(29)73(37)75(39)67(31)59(23)51(15)46(7,9)53(17)61(25)69(33)77(41)79(43)71(35)63(27)55(19)48(11,12)56(20)64(28)72(36)80(44)78(42)70(34)62(26)54(18)47(8,10)52(16)60(24)68(32)76(40)74(38)66(30)58(22)50(14,45)81(49)85(57)93(65)101(73)103(75)95(67)87(59)82(51,53)89(61)97(69)105(77)107(79)99(71)91(63)84(55,56)92(64)100(72)108(80)106(78)98(70)90(62)83(52,54)88(60)96(68)104(76)102(74)94(66)86(58,81)109(85)113(93)121(101)123(103)115(95)110(87,89)117(97)125(105)127(107)119(99)112(91,92)120(100)128(108)126(106)118(98)111(88,90)116(96)124(104)122(102)114(94,109)129(113)133(121)135(123)130(115,117)137(125)139(127)132(119,120)140(128)138(126)131(116,118)136(124)134(122,129)141(133)142(135,137)144(139,140)143(136,138)141/h5-44H,1-4H2/t5?,6?,7?,8?,9?,10?,11?,12?,13?,14?,15?,16?,17?,18?,19?,20?,21?,22?,23?,24?,25?,26?,27?,28?,29?,30?,31?,32?,33?,34?,35?,36?,37?,38?,39?,40?,41?,42?,43?,44?,45?,46?,47?,48?,49-,50?,51?,52?,53?,54?,55?,56?,57-,58?,59-,60?,61?,62?,63?,64?,65-,66?,67+,68?,69?,70?,71?,72?,73-,74?,75+,76?,77?,78?,79?,80?,81?,82?,83?,84?,85?,86?,87-,88?,89?,90?,91?,92?,93?,94?,95?,96?,97?,98?,99?,100?,101?,102?,103?,104?,105?,106?,107?,108?,109?,110?,111?,112?,113?,114?,115?,116?,117-,118?,119?,120?,121?,122?,123?,124?,125-,126?,127?,128?,129?,130?,131?,132?,133?,134?,135?,136?,137?,138?,139?,140?,141?,142?,143?,144?/m1/s1. The first kappa shape index (κ1) is 42.2. The van der Waals surface area contributed by atoms with Crippen molar-refractivity contribution in [1.82, 2.24) is 0 Å². The van der Waals surface area contributed by atoms with Gasteiger partial charge in [0.2, 0.25) is 0 Å². The molecule has 121 fully saturated rings. The van der Waals surface area contributed by atoms with Gasteiger partial charge in [-0.1, -0.05) is 0 Å². The van der Waals surface area contributed by atoms with Crippen molar-refractivity contribution < 1.29 is 0 Å². The second kappa shape index (κ2) is 5.50. The lowest BCUT2D eigenvalue weighted by molar-refractivity contribution is -1.16. The Morgan fingerprint density at radius 3 is 0.236 bits per heavy atom. The van der Waals surface area contributed by atoms with E-state index >= 15 is 0 Å². The number of hydrogen-bond acceptors (Lipinski definition) is 0. The van der Waals surface area contributed by atoms with Crippen LogP contribution in [0, 0.1) is 778 Å². The van der Waals surface area contributed by atoms with Gasteiger partial charge in [0, 0.05) is 0 Å². The van der Waals surface area contributed by atoms with Crippen molar-refractivity contribution in [2.75, 3.05) is 0 Å². The summed E-state index contributed by atoms with van der Waals surface area (Å²) >= 11 is 0. The molecule has 0 amide bonds. The molecule has 140 atom stereocenters. The maximum atomic E-state index is 1.99. The predicted octanol–water partition coefficient (Wildman–Crippen LogP) is 11.2. The molecule has 0 bridgehead atoms. The van der Waals surface area contributed by atoms with Crippen LogP contribution in [0.15, 0.2) is 0 Å². The van der Waals surface area contributed by atoms with E-state index in [4.69, 9.17) is 0 Å². The molecule has 0 heteroatoms. The molecular formula is C144H48. The first-order chi connectivity index (χ1) is 71.8. The minimum Gasteiger partial charge on any atom is -0.0458 e. The Morgan fingerprint density at radius 1 is 0.0625 bits per heavy atom. The van der Waals surface area contributed by atoms with Crippen LogP contribution in [0.3, 0.4) is 0 Å². The van der Waals surface area contributed by atoms with Crippen molar-refractivity contribution in [1.29, 1.82) is 0 Å². The van der Waals surface area contributed by atoms with Crippen LogP contribution in [-0.4, -0.2) is 0 Å². The number of rotatable bonds is 0. The Bertz CT molecular complexity index is 11500. The molecule has 100 spiro atoms. The van der Waals surface area contributed by atoms with Gasteiger partial charge in [-0.05, 0) is 804 Å². The van der Waals surface area contributed by atoms with Crippen LogP contribution >= 0.6 is 0 Å². The highest BCUT2D eigenvalue weighted by Crippen LogP contribution is 4.05. The Labute approximate surface area is 797 Å². The molecule has 0 heterocycles. The van der Waals surface area contributed by atoms with Crippen LogP contribution in [0.4, 0.5) is 0 Å². The van der Waals surface area contributed by atoms with Gasteiger partial charge in [0.05, 0.1) is 0 Å². The molecule has 121 saturated carbocycles. The third-order valence-corrected chi connectivity index (χ3v) is 142. The highest BCUT2D eigenvalue weighted by molar-refractivity contribution is 7.12. The maximum absolute atomic E-state index is 1.99. The average molecular weight is 1780 g/mol. The van der Waals surface area contributed by atoms with Crippen molar-refractivity contribution in [3.05, 3.63) is 314 Å². The van der Waals surface area contributed by atoms with Crippen LogP contribution in [0.2, 0.25) is 0 Å². The fraction of sp³-hybridized carbons (Fsp3) is 1.00. The molecule has 121 rings (SSSR count). The van der Waals surface area contributed by atoms with Gasteiger partial charge < -0.3 is 0 Å². The van der Waals surface area contributed by atoms with Gasteiger partial charge >= 0.3 is 0 Å². The van der Waals surface area contributed by atoms with Crippen LogP contribution in [0.5, 0.6) is 0 Å². The zero-order valence-corrected chi connectivity index (χ0v) is 75.9. The zero-order chi connectivity index (χ0) is 75.9. The van der Waals surface area contributed by atoms with Gasteiger partial charge in [0.15, 0.2) is 0 Å². The summed E-state index contributed by atoms with van der Waals surface area (Å²) in [5, 5.41) is 0. The van der Waals surface area contributed by atoms with Crippen molar-refractivity contribution in [2.24, 2.45) is 464 Å². The molecule has 0 nitrogen and oxygen atoms in total. The topological polar surface area (TPSA) is 0 Å². The first-order valence-corrected chi connectivity index (χ1v) is 71.8. The summed E-state index contributed by atoms with van der Waals surface area (Å²) in [5.41, 5.74) is 117. The van der Waals surface area contributed by atoms with Gasteiger partial charge in [-0.3, -0.25) is 0 Å². The fourth-order valence-electron chi connectivity index (χ4n) is 192. The summed E-state index contributed by atoms with van der Waals surface area (Å²) in [7, 11) is 0. The molecule has 624 valence electrons. The largest absolute Gasteiger partial charge is 0.0458 e. The van der Waals surface area contributed by atoms with Gasteiger partial charge in [0.1, 0.15) is 0 Å². The lowest BCUT2D eigenvalue weighted by Crippen LogP contribution is -3.82. The summed E-state index contributed by atoms with van der Waals surface area (Å²) < 4.78 is 0. The van der Waals surface area contributed by atoms with Crippen molar-refractivity contribution in [2.45, 2.75) is 25.7 Å². The fourth-order valence-corrected chi connectivity index (χ4v) is 192. The van der Waals surface area contributed by atoms with Gasteiger partial charge in [-0.2, -0.15) is 0 Å². The number of fused-ring (bicyclic) bond motifs is 36. The molecule has 121 aliphatic carbocycles. The molecule has 0 aliphatic heterocycles. The molecular weight excluding hydrogens is 1730 g/mol. The normalized spacial score (nSPS) is 164. The Morgan fingerprint density at radius 2 is 0.132 bits per heavy atom. The molecule has 0 aromatic carbocycles. The summed E-state index contributed by atoms with van der Waals surface area (Å²) in [5.74, 6) is 59.3. The zero-order valence-electron chi connectivity index (χ0n) is 75.9. The first-order valence-electron chi connectivity index (χ1n) is 71.8. The summed E-state index contributed by atoms with van der Waals surface area (Å²) in [4.78, 5) is 0. The summed E-state index contributed by atoms with van der Waals surface area (Å²) in [6.07, 6.45) is 7.96. The van der Waals surface area contributed by atoms with Crippen LogP contribution in [0.25, 0.3) is 0 Å². The summed E-state index contributed by atoms with van der Waals surface area (Å²) in [6, 6.07) is 0. The summed E-state index contributed by atoms with van der Waals surface area (Å²) in [6.45, 7) is 0. The number of hydrogen-bond donors (Lipinski definition) is 0. The minimum absolute atomic E-state index is 1.12. The van der Waals surface area contributed by atoms with Crippen LogP contribution < -0.4 is 0 Å². The van der Waals surface area contributed by atoms with E-state index in [2.05, 4.69) is 0 Å². The van der Waals surface area contributed by atoms with E-state index < -0.39 is 0 Å². The molecule has 130 unspecified atom stereocenters. The third kappa shape index (κ3) is 0.692. The molecule has 0 N–H and O–H groups in total. The minimum atomic E-state index is 1.12. The van der Waals surface area contributed by atoms with E-state index in [0.29, 0.717) is 0 Å². The third-order valence-electron chi connectivity index (χ3n) is 142. The van der Waals surface area contributed by atoms with Crippen LogP contribution in [0.1, 0.15) is 25.7 Å². The monoisotopic (exact) mass is 1780 g/mol. The molecule has 0 aromatic rings. The Hall–Kier alpha value is 0. The smallest absolute Gasteiger partial charge is 0.00000000322 e. The lowest BCUT2D eigenvalue weighted by Gasteiger charge is -3.88. The molecule has 121 aliphatic rings. The SMILES string of the molecule is C1C2C3C4C5C6C7C8C9C%10C%11CC%12C%13C%14C%15C%16C%17C%18C%19C%20C%21CC%22C%23C%24C%25C%26C%27C%28C%29C%30C%31CC%32C%33C%34C%35C%36C%37C%38C%39C%40C1C21C32C43C54C65C76C87C98C%109C%11%12C%13%10C%14%11C%15%12C%16%13C%17%14C%18%15C%19%16C%20%17C%21%22C%23%18C%17%19C%16%17C%15%16C%14%15C%13%14C%12%13C%11%12C9%10C89C78C67C56C45C34C23C%401C%391C%382C%37%10C%36%11C%35%20C%34%21C%33%22C%32%31[C@]%30%23C%22%30C%21%22C%20%21C%11%20C%10%11C2%10C13C41C52C63C74C85C9%12C%136C57C45C34C23C%101C%111C%202C89C13C41C83C48C9%10C%212C%222C%109C4%10C4%11C8%12C38C15C71C6%14[C@@]%153C81C%121C45C%17([C@@]%1613)[C@@]%191C53C%114C%105C96C2%30[C@]%29%23[C@@]%286[C@@]%275[C@@]%264[C@@]%253[C@@]%24%181. The highest BCUT2D eigenvalue weighted by atomic mass is 16.0. The van der Waals surface area contributed by atoms with Crippen molar-refractivity contribution in [3.8, 4) is 0 Å². The van der Waals surface area contributed by atoms with Gasteiger partial charge in [-0.25, -0.2) is 0 Å². The van der Waals surface area contributed by atoms with Crippen molar-refractivity contribution in [3.63, 3.8) is 0 Å². The molecule has 144 heavy (non-hydrogen) atoms. The quantitative estimate of drug-likeness (QED) is 0.227. The maximum Gasteiger partial charge on any atom is -0.00000000322 e. The average Bonchev–Trinajstić information content (AvgIpc) is 0.381. The second-order valence-corrected chi connectivity index (χ2v) is 100.0. The van der Waals surface area contributed by atoms with E-state index in [1.54, 1.807) is 0 Å². The predicted molar refractivity (Wildman–Crippen MR) is 448 cm³/mol. The highest BCUT2D eigenvalue weighted by Gasteiger charge is 3.99. The lowest BCUT2D eigenvalue weighted by atomic mass is 8.13. The van der Waals surface area contributed by atoms with Gasteiger partial charge in [0.25, 0.3) is 0 Å². The van der Waals surface area contributed by atoms with E-state index in [1.165, 1.54) is 562 Å². The molecule has 0 aromatic heterocycles. The van der Waals surface area contributed by atoms with Crippen LogP contribution in [-0.2, 0) is 0 Å². The second-order valence-electron chi connectivity index (χ2n) is 100.0.